The molecule has 3 rings (SSSR count). The highest BCUT2D eigenvalue weighted by atomic mass is 35.5. The molecule has 6 heteroatoms. The van der Waals surface area contributed by atoms with E-state index in [9.17, 15) is 9.18 Å². The van der Waals surface area contributed by atoms with Gasteiger partial charge in [0.1, 0.15) is 11.6 Å². The summed E-state index contributed by atoms with van der Waals surface area (Å²) in [5.74, 6) is 0.169. The fourth-order valence-corrected chi connectivity index (χ4v) is 2.34. The molecule has 1 heterocycles. The molecule has 1 amide bonds. The van der Waals surface area contributed by atoms with E-state index in [0.29, 0.717) is 16.5 Å². The first-order valence-corrected chi connectivity index (χ1v) is 7.99. The summed E-state index contributed by atoms with van der Waals surface area (Å²) in [4.78, 5) is 16.3. The second kappa shape index (κ2) is 7.77. The van der Waals surface area contributed by atoms with Crippen molar-refractivity contribution in [1.29, 1.82) is 0 Å². The van der Waals surface area contributed by atoms with Gasteiger partial charge in [-0.2, -0.15) is 0 Å². The molecule has 0 aliphatic rings. The lowest BCUT2D eigenvalue weighted by Gasteiger charge is -2.08. The van der Waals surface area contributed by atoms with E-state index in [2.05, 4.69) is 15.6 Å². The molecular formula is C19H15ClFN3O. The van der Waals surface area contributed by atoms with Crippen LogP contribution in [0.5, 0.6) is 0 Å². The number of nitrogens with zero attached hydrogens (tertiary/aromatic N) is 1. The summed E-state index contributed by atoms with van der Waals surface area (Å²) < 4.78 is 12.9. The molecule has 126 valence electrons. The molecule has 2 aromatic carbocycles. The monoisotopic (exact) mass is 355 g/mol. The summed E-state index contributed by atoms with van der Waals surface area (Å²) in [7, 11) is 0. The molecule has 0 bridgehead atoms. The van der Waals surface area contributed by atoms with Crippen molar-refractivity contribution in [3.05, 3.63) is 83.3 Å². The van der Waals surface area contributed by atoms with Crippen LogP contribution >= 0.6 is 11.6 Å². The van der Waals surface area contributed by atoms with E-state index in [1.807, 2.05) is 12.1 Å². The third-order valence-corrected chi connectivity index (χ3v) is 3.69. The van der Waals surface area contributed by atoms with Gasteiger partial charge in [0.15, 0.2) is 0 Å². The second-order valence-corrected chi connectivity index (χ2v) is 5.85. The fourth-order valence-electron chi connectivity index (χ4n) is 2.22. The number of carbonyl (C=O) groups excluding carboxylic acids is 1. The molecular weight excluding hydrogens is 341 g/mol. The van der Waals surface area contributed by atoms with Crippen LogP contribution in [0.4, 0.5) is 21.6 Å². The lowest BCUT2D eigenvalue weighted by Crippen LogP contribution is -2.14. The summed E-state index contributed by atoms with van der Waals surface area (Å²) in [5, 5.41) is 6.48. The lowest BCUT2D eigenvalue weighted by atomic mass is 10.1. The maximum Gasteiger partial charge on any atom is 0.228 e. The summed E-state index contributed by atoms with van der Waals surface area (Å²) in [5.41, 5.74) is 2.21. The maximum atomic E-state index is 12.9. The Morgan fingerprint density at radius 2 is 1.64 bits per heavy atom. The summed E-state index contributed by atoms with van der Waals surface area (Å²) >= 11 is 5.83. The van der Waals surface area contributed by atoms with E-state index in [-0.39, 0.29) is 18.1 Å². The highest BCUT2D eigenvalue weighted by Crippen LogP contribution is 2.17. The van der Waals surface area contributed by atoms with Gasteiger partial charge in [-0.1, -0.05) is 23.7 Å². The third-order valence-electron chi connectivity index (χ3n) is 3.44. The molecule has 25 heavy (non-hydrogen) atoms. The zero-order valence-corrected chi connectivity index (χ0v) is 13.9. The average Bonchev–Trinajstić information content (AvgIpc) is 2.61. The number of halogens is 2. The van der Waals surface area contributed by atoms with Gasteiger partial charge in [0.2, 0.25) is 5.91 Å². The number of benzene rings is 2. The van der Waals surface area contributed by atoms with Gasteiger partial charge in [0.05, 0.1) is 18.3 Å². The van der Waals surface area contributed by atoms with E-state index in [1.54, 1.807) is 42.6 Å². The van der Waals surface area contributed by atoms with Crippen molar-refractivity contribution in [1.82, 2.24) is 4.98 Å². The van der Waals surface area contributed by atoms with Crippen molar-refractivity contribution >= 4 is 34.7 Å². The Bertz CT molecular complexity index is 849. The number of anilines is 3. The Hall–Kier alpha value is -2.92. The van der Waals surface area contributed by atoms with Crippen LogP contribution in [-0.4, -0.2) is 10.9 Å². The summed E-state index contributed by atoms with van der Waals surface area (Å²) in [6.07, 6.45) is 1.82. The van der Waals surface area contributed by atoms with Crippen molar-refractivity contribution in [3.63, 3.8) is 0 Å². The highest BCUT2D eigenvalue weighted by Gasteiger charge is 2.05. The molecule has 0 spiro atoms. The standard InChI is InChI=1S/C19H15ClFN3O/c20-14-3-1-13(2-4-14)11-19(25)24-17-9-10-18(22-12-17)23-16-7-5-15(21)6-8-16/h1-10,12H,11H2,(H,22,23)(H,24,25). The molecule has 0 saturated heterocycles. The van der Waals surface area contributed by atoms with E-state index >= 15 is 0 Å². The molecule has 0 radical (unpaired) electrons. The molecule has 0 unspecified atom stereocenters. The molecule has 1 aromatic heterocycles. The number of pyridine rings is 1. The van der Waals surface area contributed by atoms with Gasteiger partial charge in [0, 0.05) is 10.7 Å². The van der Waals surface area contributed by atoms with Crippen LogP contribution in [0, 0.1) is 5.82 Å². The number of aromatic nitrogens is 1. The zero-order valence-electron chi connectivity index (χ0n) is 13.2. The van der Waals surface area contributed by atoms with Crippen LogP contribution in [0.2, 0.25) is 5.02 Å². The average molecular weight is 356 g/mol. The normalized spacial score (nSPS) is 10.3. The minimum Gasteiger partial charge on any atom is -0.340 e. The minimum atomic E-state index is -0.294. The number of rotatable bonds is 5. The molecule has 4 nitrogen and oxygen atoms in total. The van der Waals surface area contributed by atoms with Crippen LogP contribution < -0.4 is 10.6 Å². The first kappa shape index (κ1) is 16.9. The zero-order chi connectivity index (χ0) is 17.6. The fraction of sp³-hybridized carbons (Fsp3) is 0.0526. The van der Waals surface area contributed by atoms with Crippen molar-refractivity contribution in [2.45, 2.75) is 6.42 Å². The van der Waals surface area contributed by atoms with Gasteiger partial charge in [-0.25, -0.2) is 9.37 Å². The first-order valence-electron chi connectivity index (χ1n) is 7.61. The molecule has 0 aliphatic carbocycles. The molecule has 0 atom stereocenters. The Labute approximate surface area is 149 Å². The van der Waals surface area contributed by atoms with Crippen molar-refractivity contribution in [2.75, 3.05) is 10.6 Å². The van der Waals surface area contributed by atoms with Crippen LogP contribution in [0.1, 0.15) is 5.56 Å². The topological polar surface area (TPSA) is 54.0 Å². The molecule has 0 fully saturated rings. The van der Waals surface area contributed by atoms with E-state index < -0.39 is 0 Å². The Morgan fingerprint density at radius 1 is 0.960 bits per heavy atom. The van der Waals surface area contributed by atoms with E-state index in [4.69, 9.17) is 11.6 Å². The number of amides is 1. The summed E-state index contributed by atoms with van der Waals surface area (Å²) in [6.45, 7) is 0. The van der Waals surface area contributed by atoms with E-state index in [0.717, 1.165) is 11.3 Å². The van der Waals surface area contributed by atoms with Crippen molar-refractivity contribution in [2.24, 2.45) is 0 Å². The van der Waals surface area contributed by atoms with Gasteiger partial charge >= 0.3 is 0 Å². The quantitative estimate of drug-likeness (QED) is 0.691. The predicted molar refractivity (Wildman–Crippen MR) is 97.7 cm³/mol. The number of carbonyl (C=O) groups is 1. The Morgan fingerprint density at radius 3 is 2.28 bits per heavy atom. The van der Waals surface area contributed by atoms with E-state index in [1.165, 1.54) is 12.1 Å². The maximum absolute atomic E-state index is 12.9. The smallest absolute Gasteiger partial charge is 0.228 e. The molecule has 2 N–H and O–H groups in total. The molecule has 0 saturated carbocycles. The minimum absolute atomic E-state index is 0.136. The third kappa shape index (κ3) is 5.02. The van der Waals surface area contributed by atoms with Crippen LogP contribution in [0.25, 0.3) is 0 Å². The van der Waals surface area contributed by atoms with Gasteiger partial charge in [-0.3, -0.25) is 4.79 Å². The molecule has 0 aliphatic heterocycles. The van der Waals surface area contributed by atoms with Crippen molar-refractivity contribution < 1.29 is 9.18 Å². The number of hydrogen-bond acceptors (Lipinski definition) is 3. The van der Waals surface area contributed by atoms with Crippen LogP contribution in [-0.2, 0) is 11.2 Å². The van der Waals surface area contributed by atoms with Gasteiger partial charge in [-0.05, 0) is 54.1 Å². The van der Waals surface area contributed by atoms with Gasteiger partial charge < -0.3 is 10.6 Å². The number of hydrogen-bond donors (Lipinski definition) is 2. The number of nitrogens with one attached hydrogen (secondary N) is 2. The lowest BCUT2D eigenvalue weighted by molar-refractivity contribution is -0.115. The van der Waals surface area contributed by atoms with Crippen molar-refractivity contribution in [3.8, 4) is 0 Å². The largest absolute Gasteiger partial charge is 0.340 e. The van der Waals surface area contributed by atoms with Crippen LogP contribution in [0.3, 0.4) is 0 Å². The Kier molecular flexibility index (Phi) is 5.26. The van der Waals surface area contributed by atoms with Gasteiger partial charge in [-0.15, -0.1) is 0 Å². The Balaban J connectivity index is 1.57. The first-order chi connectivity index (χ1) is 12.1. The predicted octanol–water partition coefficient (Wildman–Crippen LogP) is 4.80. The van der Waals surface area contributed by atoms with Crippen LogP contribution in [0.15, 0.2) is 66.9 Å². The SMILES string of the molecule is O=C(Cc1ccc(Cl)cc1)Nc1ccc(Nc2ccc(F)cc2)nc1. The summed E-state index contributed by atoms with van der Waals surface area (Å²) in [6, 6.07) is 16.6. The van der Waals surface area contributed by atoms with Gasteiger partial charge in [0.25, 0.3) is 0 Å². The molecule has 3 aromatic rings. The highest BCUT2D eigenvalue weighted by molar-refractivity contribution is 6.30. The second-order valence-electron chi connectivity index (χ2n) is 5.42.